The van der Waals surface area contributed by atoms with Crippen LogP contribution in [0.2, 0.25) is 0 Å². The predicted molar refractivity (Wildman–Crippen MR) is 95.1 cm³/mol. The van der Waals surface area contributed by atoms with Gasteiger partial charge in [0.05, 0.1) is 0 Å². The van der Waals surface area contributed by atoms with E-state index in [1.807, 2.05) is 0 Å². The van der Waals surface area contributed by atoms with Gasteiger partial charge in [-0.25, -0.2) is 5.43 Å². The molecule has 0 aromatic carbocycles. The molecule has 0 aliphatic heterocycles. The number of hydrazone groups is 1. The summed E-state index contributed by atoms with van der Waals surface area (Å²) < 4.78 is 0. The number of carbonyl (C=O) groups excluding carboxylic acids is 1. The van der Waals surface area contributed by atoms with E-state index in [-0.39, 0.29) is 5.91 Å². The molecule has 0 atom stereocenters. The third-order valence-corrected chi connectivity index (χ3v) is 4.70. The second-order valence-electron chi connectivity index (χ2n) is 6.97. The number of rotatable bonds is 11. The summed E-state index contributed by atoms with van der Waals surface area (Å²) in [6.07, 6.45) is 16.8. The highest BCUT2D eigenvalue weighted by Crippen LogP contribution is 2.21. The second-order valence-corrected chi connectivity index (χ2v) is 6.97. The molecule has 3 nitrogen and oxygen atoms in total. The first-order valence-electron chi connectivity index (χ1n) is 9.56. The Hall–Kier alpha value is -0.860. The average molecular weight is 309 g/mol. The van der Waals surface area contributed by atoms with E-state index in [1.165, 1.54) is 69.9 Å². The van der Waals surface area contributed by atoms with Crippen LogP contribution in [0.5, 0.6) is 0 Å². The first-order chi connectivity index (χ1) is 10.7. The van der Waals surface area contributed by atoms with Crippen LogP contribution in [0.4, 0.5) is 0 Å². The van der Waals surface area contributed by atoms with Crippen LogP contribution in [-0.4, -0.2) is 11.6 Å². The van der Waals surface area contributed by atoms with Crippen molar-refractivity contribution in [2.75, 3.05) is 0 Å². The summed E-state index contributed by atoms with van der Waals surface area (Å²) in [6, 6.07) is 0. The van der Waals surface area contributed by atoms with Crippen molar-refractivity contribution in [1.82, 2.24) is 5.43 Å². The molecule has 0 radical (unpaired) electrons. The Morgan fingerprint density at radius 3 is 2.14 bits per heavy atom. The van der Waals surface area contributed by atoms with Crippen molar-refractivity contribution in [2.45, 2.75) is 104 Å². The standard InChI is InChI=1S/C19H36N2O/c1-3-4-5-6-7-8-9-10-11-12-19(22)21-20-18-15-13-17(2)14-16-18/h17H,3-16H2,1-2H3,(H,21,22). The van der Waals surface area contributed by atoms with Crippen LogP contribution in [0.1, 0.15) is 104 Å². The van der Waals surface area contributed by atoms with Crippen molar-refractivity contribution in [2.24, 2.45) is 11.0 Å². The van der Waals surface area contributed by atoms with Gasteiger partial charge in [0.1, 0.15) is 0 Å². The molecule has 0 aromatic heterocycles. The summed E-state index contributed by atoms with van der Waals surface area (Å²) in [5.41, 5.74) is 3.92. The number of carbonyl (C=O) groups is 1. The molecule has 0 unspecified atom stereocenters. The Bertz CT molecular complexity index is 315. The largest absolute Gasteiger partial charge is 0.273 e. The highest BCUT2D eigenvalue weighted by molar-refractivity contribution is 5.86. The van der Waals surface area contributed by atoms with Gasteiger partial charge >= 0.3 is 0 Å². The first kappa shape index (κ1) is 19.2. The summed E-state index contributed by atoms with van der Waals surface area (Å²) >= 11 is 0. The van der Waals surface area contributed by atoms with E-state index in [0.29, 0.717) is 6.42 Å². The Labute approximate surface area is 137 Å². The summed E-state index contributed by atoms with van der Waals surface area (Å²) in [6.45, 7) is 4.55. The van der Waals surface area contributed by atoms with Gasteiger partial charge in [0.15, 0.2) is 0 Å². The van der Waals surface area contributed by atoms with Gasteiger partial charge in [-0.15, -0.1) is 0 Å². The summed E-state index contributed by atoms with van der Waals surface area (Å²) in [5.74, 6) is 0.908. The molecule has 0 heterocycles. The van der Waals surface area contributed by atoms with Gasteiger partial charge in [0.2, 0.25) is 5.91 Å². The molecule has 3 heteroatoms. The number of amides is 1. The van der Waals surface area contributed by atoms with Gasteiger partial charge in [-0.1, -0.05) is 65.2 Å². The van der Waals surface area contributed by atoms with Gasteiger partial charge in [-0.3, -0.25) is 4.79 Å². The molecule has 1 saturated carbocycles. The van der Waals surface area contributed by atoms with Crippen LogP contribution in [0.3, 0.4) is 0 Å². The number of hydrogen-bond donors (Lipinski definition) is 1. The second kappa shape index (κ2) is 12.7. The van der Waals surface area contributed by atoms with Crippen molar-refractivity contribution in [1.29, 1.82) is 0 Å². The maximum atomic E-state index is 11.7. The molecule has 128 valence electrons. The van der Waals surface area contributed by atoms with Crippen molar-refractivity contribution in [3.05, 3.63) is 0 Å². The van der Waals surface area contributed by atoms with E-state index >= 15 is 0 Å². The number of nitrogens with zero attached hydrogens (tertiary/aromatic N) is 1. The molecule has 22 heavy (non-hydrogen) atoms. The van der Waals surface area contributed by atoms with Gasteiger partial charge in [-0.2, -0.15) is 5.10 Å². The van der Waals surface area contributed by atoms with Crippen LogP contribution >= 0.6 is 0 Å². The fourth-order valence-corrected chi connectivity index (χ4v) is 3.00. The zero-order chi connectivity index (χ0) is 16.0. The van der Waals surface area contributed by atoms with Crippen LogP contribution in [-0.2, 0) is 4.79 Å². The average Bonchev–Trinajstić information content (AvgIpc) is 2.53. The van der Waals surface area contributed by atoms with Crippen LogP contribution in [0.25, 0.3) is 0 Å². The van der Waals surface area contributed by atoms with Crippen molar-refractivity contribution in [3.63, 3.8) is 0 Å². The number of unbranched alkanes of at least 4 members (excludes halogenated alkanes) is 8. The minimum absolute atomic E-state index is 0.0917. The van der Waals surface area contributed by atoms with Crippen LogP contribution in [0.15, 0.2) is 5.10 Å². The van der Waals surface area contributed by atoms with E-state index in [4.69, 9.17) is 0 Å². The van der Waals surface area contributed by atoms with Crippen LogP contribution < -0.4 is 5.43 Å². The molecule has 0 saturated heterocycles. The Morgan fingerprint density at radius 1 is 1.00 bits per heavy atom. The molecule has 1 amide bonds. The van der Waals surface area contributed by atoms with E-state index in [9.17, 15) is 4.79 Å². The van der Waals surface area contributed by atoms with E-state index < -0.39 is 0 Å². The zero-order valence-electron chi connectivity index (χ0n) is 14.8. The molecular formula is C19H36N2O. The molecule has 0 bridgehead atoms. The third kappa shape index (κ3) is 9.97. The van der Waals surface area contributed by atoms with Gasteiger partial charge < -0.3 is 0 Å². The topological polar surface area (TPSA) is 41.5 Å². The minimum Gasteiger partial charge on any atom is -0.273 e. The van der Waals surface area contributed by atoms with Crippen molar-refractivity contribution < 1.29 is 4.79 Å². The lowest BCUT2D eigenvalue weighted by Crippen LogP contribution is -2.21. The Balaban J connectivity index is 1.92. The molecule has 1 fully saturated rings. The SMILES string of the molecule is CCCCCCCCCCCC(=O)NN=C1CCC(C)CC1. The molecule has 1 aliphatic rings. The van der Waals surface area contributed by atoms with Gasteiger partial charge in [0, 0.05) is 12.1 Å². The van der Waals surface area contributed by atoms with Gasteiger partial charge in [-0.05, 0) is 38.0 Å². The number of nitrogens with one attached hydrogen (secondary N) is 1. The normalized spacial score (nSPS) is 18.3. The quantitative estimate of drug-likeness (QED) is 0.392. The highest BCUT2D eigenvalue weighted by atomic mass is 16.2. The van der Waals surface area contributed by atoms with Gasteiger partial charge in [0.25, 0.3) is 0 Å². The maximum Gasteiger partial charge on any atom is 0.240 e. The van der Waals surface area contributed by atoms with Crippen LogP contribution in [0, 0.1) is 5.92 Å². The van der Waals surface area contributed by atoms with E-state index in [0.717, 1.165) is 25.2 Å². The molecule has 1 aliphatic carbocycles. The molecule has 1 N–H and O–H groups in total. The maximum absolute atomic E-state index is 11.7. The molecular weight excluding hydrogens is 272 g/mol. The summed E-state index contributed by atoms with van der Waals surface area (Å²) in [4.78, 5) is 11.7. The third-order valence-electron chi connectivity index (χ3n) is 4.70. The number of hydrogen-bond acceptors (Lipinski definition) is 2. The monoisotopic (exact) mass is 308 g/mol. The summed E-state index contributed by atoms with van der Waals surface area (Å²) in [7, 11) is 0. The summed E-state index contributed by atoms with van der Waals surface area (Å²) in [5, 5.41) is 4.29. The Morgan fingerprint density at radius 2 is 1.55 bits per heavy atom. The van der Waals surface area contributed by atoms with E-state index in [1.54, 1.807) is 0 Å². The first-order valence-corrected chi connectivity index (χ1v) is 9.56. The zero-order valence-corrected chi connectivity index (χ0v) is 14.8. The predicted octanol–water partition coefficient (Wildman–Crippen LogP) is 5.59. The van der Waals surface area contributed by atoms with E-state index in [2.05, 4.69) is 24.4 Å². The smallest absolute Gasteiger partial charge is 0.240 e. The minimum atomic E-state index is 0.0917. The van der Waals surface area contributed by atoms with Crippen molar-refractivity contribution >= 4 is 11.6 Å². The molecule has 0 spiro atoms. The highest BCUT2D eigenvalue weighted by Gasteiger charge is 2.13. The molecule has 0 aromatic rings. The fraction of sp³-hybridized carbons (Fsp3) is 0.895. The Kier molecular flexibility index (Phi) is 11.0. The molecule has 1 rings (SSSR count). The lowest BCUT2D eigenvalue weighted by molar-refractivity contribution is -0.121. The lowest BCUT2D eigenvalue weighted by Gasteiger charge is -2.18. The lowest BCUT2D eigenvalue weighted by atomic mass is 9.90. The van der Waals surface area contributed by atoms with Crippen molar-refractivity contribution in [3.8, 4) is 0 Å². The fourth-order valence-electron chi connectivity index (χ4n) is 3.00.